The average Bonchev–Trinajstić information content (AvgIpc) is 2.83. The smallest absolute Gasteiger partial charge is 0.0766 e. The standard InChI is InChI=1S/C14H18N2/c1-14(2,11-15)12-5-7-13(8-6-12)16-9-3-4-10-16/h5-8H,3-4,9-10H2,1-2H3. The van der Waals surface area contributed by atoms with Crippen molar-refractivity contribution in [3.63, 3.8) is 0 Å². The van der Waals surface area contributed by atoms with E-state index in [9.17, 15) is 0 Å². The zero-order valence-electron chi connectivity index (χ0n) is 10.0. The first-order chi connectivity index (χ1) is 7.63. The Morgan fingerprint density at radius 3 is 2.19 bits per heavy atom. The summed E-state index contributed by atoms with van der Waals surface area (Å²) < 4.78 is 0. The highest BCUT2D eigenvalue weighted by Gasteiger charge is 2.20. The van der Waals surface area contributed by atoms with Gasteiger partial charge < -0.3 is 4.90 Å². The van der Waals surface area contributed by atoms with Gasteiger partial charge in [-0.3, -0.25) is 0 Å². The number of hydrogen-bond acceptors (Lipinski definition) is 2. The minimum Gasteiger partial charge on any atom is -0.372 e. The molecule has 0 amide bonds. The number of nitrogens with zero attached hydrogens (tertiary/aromatic N) is 2. The molecule has 0 aromatic heterocycles. The van der Waals surface area contributed by atoms with Crippen LogP contribution in [0.5, 0.6) is 0 Å². The van der Waals surface area contributed by atoms with Gasteiger partial charge in [0.15, 0.2) is 0 Å². The lowest BCUT2D eigenvalue weighted by molar-refractivity contribution is 0.687. The van der Waals surface area contributed by atoms with Crippen LogP contribution in [0.1, 0.15) is 32.3 Å². The van der Waals surface area contributed by atoms with E-state index >= 15 is 0 Å². The van der Waals surface area contributed by atoms with E-state index in [-0.39, 0.29) is 5.41 Å². The minimum absolute atomic E-state index is 0.385. The summed E-state index contributed by atoms with van der Waals surface area (Å²) in [5, 5.41) is 9.07. The first-order valence-corrected chi connectivity index (χ1v) is 5.90. The van der Waals surface area contributed by atoms with Crippen molar-refractivity contribution in [2.24, 2.45) is 0 Å². The quantitative estimate of drug-likeness (QED) is 0.756. The number of hydrogen-bond donors (Lipinski definition) is 0. The fourth-order valence-corrected chi connectivity index (χ4v) is 2.13. The van der Waals surface area contributed by atoms with Crippen molar-refractivity contribution in [2.45, 2.75) is 32.1 Å². The number of rotatable bonds is 2. The average molecular weight is 214 g/mol. The van der Waals surface area contributed by atoms with E-state index in [0.29, 0.717) is 0 Å². The molecule has 0 aliphatic carbocycles. The Bertz CT molecular complexity index is 392. The summed E-state index contributed by atoms with van der Waals surface area (Å²) in [6.07, 6.45) is 2.59. The molecule has 0 N–H and O–H groups in total. The van der Waals surface area contributed by atoms with Gasteiger partial charge in [-0.1, -0.05) is 12.1 Å². The number of nitriles is 1. The molecule has 84 valence electrons. The summed E-state index contributed by atoms with van der Waals surface area (Å²) in [7, 11) is 0. The van der Waals surface area contributed by atoms with Crippen LogP contribution >= 0.6 is 0 Å². The van der Waals surface area contributed by atoms with Crippen LogP contribution in [0.4, 0.5) is 5.69 Å². The van der Waals surface area contributed by atoms with Crippen molar-refractivity contribution >= 4 is 5.69 Å². The van der Waals surface area contributed by atoms with Crippen molar-refractivity contribution in [1.82, 2.24) is 0 Å². The molecule has 2 nitrogen and oxygen atoms in total. The second-order valence-corrected chi connectivity index (χ2v) is 4.98. The molecule has 0 saturated carbocycles. The Hall–Kier alpha value is -1.49. The number of anilines is 1. The summed E-state index contributed by atoms with van der Waals surface area (Å²) in [5.74, 6) is 0. The summed E-state index contributed by atoms with van der Waals surface area (Å²) in [6.45, 7) is 6.25. The molecule has 1 saturated heterocycles. The van der Waals surface area contributed by atoms with Crippen LogP contribution in [0.3, 0.4) is 0 Å². The topological polar surface area (TPSA) is 27.0 Å². The first-order valence-electron chi connectivity index (χ1n) is 5.90. The van der Waals surface area contributed by atoms with Crippen molar-refractivity contribution in [3.05, 3.63) is 29.8 Å². The van der Waals surface area contributed by atoms with Crippen molar-refractivity contribution in [1.29, 1.82) is 5.26 Å². The van der Waals surface area contributed by atoms with Crippen LogP contribution in [0, 0.1) is 11.3 Å². The van der Waals surface area contributed by atoms with Crippen molar-refractivity contribution < 1.29 is 0 Å². The van der Waals surface area contributed by atoms with Crippen LogP contribution < -0.4 is 4.90 Å². The lowest BCUT2D eigenvalue weighted by Crippen LogP contribution is -2.18. The Balaban J connectivity index is 2.20. The van der Waals surface area contributed by atoms with Crippen LogP contribution in [-0.4, -0.2) is 13.1 Å². The third-order valence-corrected chi connectivity index (χ3v) is 3.34. The molecule has 2 rings (SSSR count). The van der Waals surface area contributed by atoms with E-state index in [4.69, 9.17) is 5.26 Å². The van der Waals surface area contributed by atoms with Gasteiger partial charge in [0.2, 0.25) is 0 Å². The molecule has 0 spiro atoms. The van der Waals surface area contributed by atoms with Crippen LogP contribution in [-0.2, 0) is 5.41 Å². The van der Waals surface area contributed by atoms with Gasteiger partial charge in [0.25, 0.3) is 0 Å². The highest BCUT2D eigenvalue weighted by molar-refractivity contribution is 5.50. The lowest BCUT2D eigenvalue weighted by Gasteiger charge is -2.20. The SMILES string of the molecule is CC(C)(C#N)c1ccc(N2CCCC2)cc1. The Morgan fingerprint density at radius 2 is 1.69 bits per heavy atom. The summed E-state index contributed by atoms with van der Waals surface area (Å²) >= 11 is 0. The Morgan fingerprint density at radius 1 is 1.12 bits per heavy atom. The zero-order valence-corrected chi connectivity index (χ0v) is 10.0. The maximum Gasteiger partial charge on any atom is 0.0766 e. The molecular weight excluding hydrogens is 196 g/mol. The van der Waals surface area contributed by atoms with Gasteiger partial charge in [0.05, 0.1) is 11.5 Å². The third-order valence-electron chi connectivity index (χ3n) is 3.34. The Kier molecular flexibility index (Phi) is 2.87. The van der Waals surface area contributed by atoms with Gasteiger partial charge in [-0.2, -0.15) is 5.26 Å². The maximum absolute atomic E-state index is 9.07. The van der Waals surface area contributed by atoms with Crippen molar-refractivity contribution in [2.75, 3.05) is 18.0 Å². The molecule has 16 heavy (non-hydrogen) atoms. The fourth-order valence-electron chi connectivity index (χ4n) is 2.13. The largest absolute Gasteiger partial charge is 0.372 e. The summed E-state index contributed by atoms with van der Waals surface area (Å²) in [5.41, 5.74) is 2.00. The monoisotopic (exact) mass is 214 g/mol. The second kappa shape index (κ2) is 4.17. The zero-order chi connectivity index (χ0) is 11.6. The van der Waals surface area contributed by atoms with Crippen molar-refractivity contribution in [3.8, 4) is 6.07 Å². The minimum atomic E-state index is -0.385. The molecule has 0 bridgehead atoms. The van der Waals surface area contributed by atoms with Gasteiger partial charge in [-0.15, -0.1) is 0 Å². The maximum atomic E-state index is 9.07. The van der Waals surface area contributed by atoms with Crippen LogP contribution in [0.2, 0.25) is 0 Å². The van der Waals surface area contributed by atoms with E-state index in [1.54, 1.807) is 0 Å². The first kappa shape index (κ1) is 11.0. The lowest BCUT2D eigenvalue weighted by atomic mass is 9.86. The highest BCUT2D eigenvalue weighted by atomic mass is 15.1. The molecule has 1 fully saturated rings. The van der Waals surface area contributed by atoms with E-state index in [0.717, 1.165) is 5.56 Å². The van der Waals surface area contributed by atoms with Gasteiger partial charge in [0.1, 0.15) is 0 Å². The fraction of sp³-hybridized carbons (Fsp3) is 0.500. The third kappa shape index (κ3) is 2.04. The molecule has 1 aliphatic heterocycles. The highest BCUT2D eigenvalue weighted by Crippen LogP contribution is 2.26. The molecule has 1 aromatic rings. The van der Waals surface area contributed by atoms with Gasteiger partial charge in [-0.25, -0.2) is 0 Å². The molecule has 0 unspecified atom stereocenters. The number of benzene rings is 1. The normalized spacial score (nSPS) is 16.2. The molecule has 0 radical (unpaired) electrons. The molecule has 1 heterocycles. The van der Waals surface area contributed by atoms with E-state index in [2.05, 4.69) is 35.2 Å². The molecule has 1 aliphatic rings. The predicted molar refractivity (Wildman–Crippen MR) is 66.5 cm³/mol. The van der Waals surface area contributed by atoms with E-state index < -0.39 is 0 Å². The van der Waals surface area contributed by atoms with Crippen LogP contribution in [0.25, 0.3) is 0 Å². The van der Waals surface area contributed by atoms with E-state index in [1.165, 1.54) is 31.6 Å². The molecule has 1 aromatic carbocycles. The molecule has 2 heteroatoms. The van der Waals surface area contributed by atoms with Crippen LogP contribution in [0.15, 0.2) is 24.3 Å². The van der Waals surface area contributed by atoms with Gasteiger partial charge in [-0.05, 0) is 44.4 Å². The second-order valence-electron chi connectivity index (χ2n) is 4.98. The molecule has 0 atom stereocenters. The van der Waals surface area contributed by atoms with E-state index in [1.807, 2.05) is 13.8 Å². The predicted octanol–water partition coefficient (Wildman–Crippen LogP) is 3.09. The summed E-state index contributed by atoms with van der Waals surface area (Å²) in [6, 6.07) is 10.8. The Labute approximate surface area is 97.5 Å². The molecular formula is C14H18N2. The van der Waals surface area contributed by atoms with Gasteiger partial charge in [0, 0.05) is 18.8 Å². The van der Waals surface area contributed by atoms with Gasteiger partial charge >= 0.3 is 0 Å². The summed E-state index contributed by atoms with van der Waals surface area (Å²) in [4.78, 5) is 2.41.